The highest BCUT2D eigenvalue weighted by Gasteiger charge is 2.31. The van der Waals surface area contributed by atoms with Crippen LogP contribution in [-0.2, 0) is 4.79 Å². The van der Waals surface area contributed by atoms with Crippen LogP contribution in [0, 0.1) is 11.8 Å². The summed E-state index contributed by atoms with van der Waals surface area (Å²) in [6, 6.07) is 0.463. The Kier molecular flexibility index (Phi) is 3.97. The van der Waals surface area contributed by atoms with Crippen LogP contribution < -0.4 is 0 Å². The third-order valence-corrected chi connectivity index (χ3v) is 3.59. The maximum Gasteiger partial charge on any atom is 0.222 e. The molecule has 0 saturated carbocycles. The van der Waals surface area contributed by atoms with Crippen LogP contribution in [0.15, 0.2) is 0 Å². The van der Waals surface area contributed by atoms with E-state index in [1.165, 1.54) is 6.42 Å². The maximum atomic E-state index is 11.7. The van der Waals surface area contributed by atoms with Crippen molar-refractivity contribution in [2.45, 2.75) is 52.5 Å². The van der Waals surface area contributed by atoms with Crippen molar-refractivity contribution >= 4 is 5.91 Å². The van der Waals surface area contributed by atoms with E-state index in [1.54, 1.807) is 0 Å². The minimum absolute atomic E-state index is 0.333. The molecule has 1 amide bonds. The zero-order valence-corrected chi connectivity index (χ0v) is 9.92. The van der Waals surface area contributed by atoms with E-state index in [0.717, 1.165) is 19.3 Å². The summed E-state index contributed by atoms with van der Waals surface area (Å²) in [5.41, 5.74) is 0. The molecule has 1 heterocycles. The monoisotopic (exact) mass is 197 g/mol. The molecule has 1 aliphatic heterocycles. The molecule has 14 heavy (non-hydrogen) atoms. The van der Waals surface area contributed by atoms with Gasteiger partial charge in [0.05, 0.1) is 0 Å². The molecule has 2 heteroatoms. The van der Waals surface area contributed by atoms with Crippen molar-refractivity contribution in [2.75, 3.05) is 7.05 Å². The summed E-state index contributed by atoms with van der Waals surface area (Å²) in [6.45, 7) is 6.74. The number of rotatable bonds is 2. The van der Waals surface area contributed by atoms with Gasteiger partial charge in [-0.3, -0.25) is 4.79 Å². The molecule has 2 atom stereocenters. The molecule has 0 aromatic rings. The first-order valence-corrected chi connectivity index (χ1v) is 5.83. The lowest BCUT2D eigenvalue weighted by Gasteiger charge is -2.34. The lowest BCUT2D eigenvalue weighted by atomic mass is 9.84. The second kappa shape index (κ2) is 4.81. The van der Waals surface area contributed by atoms with E-state index in [2.05, 4.69) is 20.8 Å². The van der Waals surface area contributed by atoms with E-state index in [4.69, 9.17) is 0 Å². The van der Waals surface area contributed by atoms with Crippen LogP contribution in [0.3, 0.4) is 0 Å². The van der Waals surface area contributed by atoms with Gasteiger partial charge < -0.3 is 4.90 Å². The number of nitrogens with zero attached hydrogens (tertiary/aromatic N) is 1. The van der Waals surface area contributed by atoms with Crippen molar-refractivity contribution in [3.8, 4) is 0 Å². The first kappa shape index (κ1) is 11.5. The summed E-state index contributed by atoms with van der Waals surface area (Å²) >= 11 is 0. The average Bonchev–Trinajstić information content (AvgIpc) is 2.27. The predicted octanol–water partition coefficient (Wildman–Crippen LogP) is 2.68. The van der Waals surface area contributed by atoms with Crippen molar-refractivity contribution in [3.63, 3.8) is 0 Å². The Balaban J connectivity index is 2.79. The quantitative estimate of drug-likeness (QED) is 0.666. The van der Waals surface area contributed by atoms with E-state index >= 15 is 0 Å². The molecule has 82 valence electrons. The Bertz CT molecular complexity index is 200. The highest BCUT2D eigenvalue weighted by molar-refractivity contribution is 5.76. The zero-order valence-electron chi connectivity index (χ0n) is 9.92. The fraction of sp³-hybridized carbons (Fsp3) is 0.917. The van der Waals surface area contributed by atoms with Crippen molar-refractivity contribution in [1.82, 2.24) is 4.90 Å². The largest absolute Gasteiger partial charge is 0.343 e. The van der Waals surface area contributed by atoms with E-state index in [-0.39, 0.29) is 0 Å². The standard InChI is InChI=1S/C12H23NO/c1-5-11-10(9(2)3)7-6-8-12(14)13(11)4/h9-11H,5-8H2,1-4H3. The molecule has 0 aliphatic carbocycles. The molecule has 0 aromatic heterocycles. The van der Waals surface area contributed by atoms with Crippen LogP contribution in [0.1, 0.15) is 46.5 Å². The Morgan fingerprint density at radius 1 is 1.50 bits per heavy atom. The van der Waals surface area contributed by atoms with Crippen molar-refractivity contribution in [3.05, 3.63) is 0 Å². The van der Waals surface area contributed by atoms with E-state index in [1.807, 2.05) is 11.9 Å². The fourth-order valence-electron chi connectivity index (χ4n) is 2.68. The summed E-state index contributed by atoms with van der Waals surface area (Å²) in [4.78, 5) is 13.7. The van der Waals surface area contributed by atoms with Gasteiger partial charge in [0, 0.05) is 19.5 Å². The van der Waals surface area contributed by atoms with Gasteiger partial charge in [-0.1, -0.05) is 20.8 Å². The molecule has 0 radical (unpaired) electrons. The van der Waals surface area contributed by atoms with Crippen LogP contribution in [-0.4, -0.2) is 23.9 Å². The molecule has 1 fully saturated rings. The number of likely N-dealkylation sites (tertiary alicyclic amines) is 1. The van der Waals surface area contributed by atoms with Crippen LogP contribution in [0.4, 0.5) is 0 Å². The first-order valence-electron chi connectivity index (χ1n) is 5.83. The second-order valence-corrected chi connectivity index (χ2v) is 4.78. The third kappa shape index (κ3) is 2.28. The Hall–Kier alpha value is -0.530. The highest BCUT2D eigenvalue weighted by Crippen LogP contribution is 2.30. The smallest absolute Gasteiger partial charge is 0.222 e. The first-order chi connectivity index (χ1) is 6.57. The van der Waals surface area contributed by atoms with Crippen molar-refractivity contribution in [1.29, 1.82) is 0 Å². The number of amides is 1. The van der Waals surface area contributed by atoms with Gasteiger partial charge in [-0.05, 0) is 31.1 Å². The summed E-state index contributed by atoms with van der Waals surface area (Å²) in [7, 11) is 1.97. The van der Waals surface area contributed by atoms with Gasteiger partial charge in [-0.25, -0.2) is 0 Å². The summed E-state index contributed by atoms with van der Waals surface area (Å²) in [5.74, 6) is 1.71. The van der Waals surface area contributed by atoms with Gasteiger partial charge in [0.1, 0.15) is 0 Å². The van der Waals surface area contributed by atoms with Gasteiger partial charge in [0.2, 0.25) is 5.91 Å². The zero-order chi connectivity index (χ0) is 10.7. The molecule has 1 aliphatic rings. The van der Waals surface area contributed by atoms with Gasteiger partial charge in [-0.15, -0.1) is 0 Å². The van der Waals surface area contributed by atoms with Crippen molar-refractivity contribution in [2.24, 2.45) is 11.8 Å². The van der Waals surface area contributed by atoms with E-state index < -0.39 is 0 Å². The highest BCUT2D eigenvalue weighted by atomic mass is 16.2. The molecular weight excluding hydrogens is 174 g/mol. The van der Waals surface area contributed by atoms with Gasteiger partial charge in [0.15, 0.2) is 0 Å². The molecular formula is C12H23NO. The minimum atomic E-state index is 0.333. The van der Waals surface area contributed by atoms with Gasteiger partial charge in [-0.2, -0.15) is 0 Å². The molecule has 0 bridgehead atoms. The Morgan fingerprint density at radius 3 is 2.64 bits per heavy atom. The molecule has 0 aromatic carbocycles. The predicted molar refractivity (Wildman–Crippen MR) is 59.0 cm³/mol. The molecule has 1 rings (SSSR count). The Morgan fingerprint density at radius 2 is 2.14 bits per heavy atom. The summed E-state index contributed by atoms with van der Waals surface area (Å²) in [5, 5.41) is 0. The number of hydrogen-bond donors (Lipinski definition) is 0. The number of hydrogen-bond acceptors (Lipinski definition) is 1. The molecule has 0 spiro atoms. The van der Waals surface area contributed by atoms with Crippen molar-refractivity contribution < 1.29 is 4.79 Å². The normalized spacial score (nSPS) is 29.5. The molecule has 0 N–H and O–H groups in total. The third-order valence-electron chi connectivity index (χ3n) is 3.59. The minimum Gasteiger partial charge on any atom is -0.343 e. The van der Waals surface area contributed by atoms with E-state index in [0.29, 0.717) is 23.8 Å². The van der Waals surface area contributed by atoms with Crippen LogP contribution in [0.25, 0.3) is 0 Å². The van der Waals surface area contributed by atoms with Crippen LogP contribution in [0.5, 0.6) is 0 Å². The van der Waals surface area contributed by atoms with Gasteiger partial charge >= 0.3 is 0 Å². The number of carbonyl (C=O) groups is 1. The Labute approximate surface area is 87.7 Å². The SMILES string of the molecule is CCC1C(C(C)C)CCCC(=O)N1C. The lowest BCUT2D eigenvalue weighted by molar-refractivity contribution is -0.132. The average molecular weight is 197 g/mol. The van der Waals surface area contributed by atoms with Crippen LogP contribution in [0.2, 0.25) is 0 Å². The second-order valence-electron chi connectivity index (χ2n) is 4.78. The molecule has 2 unspecified atom stereocenters. The molecule has 1 saturated heterocycles. The lowest BCUT2D eigenvalue weighted by Crippen LogP contribution is -2.41. The number of carbonyl (C=O) groups excluding carboxylic acids is 1. The van der Waals surface area contributed by atoms with Gasteiger partial charge in [0.25, 0.3) is 0 Å². The summed E-state index contributed by atoms with van der Waals surface area (Å²) in [6.07, 6.45) is 4.12. The summed E-state index contributed by atoms with van der Waals surface area (Å²) < 4.78 is 0. The fourth-order valence-corrected chi connectivity index (χ4v) is 2.68. The molecule has 2 nitrogen and oxygen atoms in total. The topological polar surface area (TPSA) is 20.3 Å². The maximum absolute atomic E-state index is 11.7. The van der Waals surface area contributed by atoms with E-state index in [9.17, 15) is 4.79 Å². The van der Waals surface area contributed by atoms with Crippen LogP contribution >= 0.6 is 0 Å².